The van der Waals surface area contributed by atoms with Crippen molar-refractivity contribution in [3.63, 3.8) is 0 Å². The smallest absolute Gasteiger partial charge is 0.105 e. The molecular formula is C23H42N2O. The van der Waals surface area contributed by atoms with E-state index in [2.05, 4.69) is 34.3 Å². The van der Waals surface area contributed by atoms with Crippen LogP contribution in [-0.2, 0) is 4.74 Å². The molecule has 0 spiro atoms. The third kappa shape index (κ3) is 4.72. The molecule has 0 saturated heterocycles. The molecule has 3 nitrogen and oxygen atoms in total. The summed E-state index contributed by atoms with van der Waals surface area (Å²) in [5, 5.41) is 0. The molecule has 4 N–H and O–H groups in total. The van der Waals surface area contributed by atoms with Crippen LogP contribution in [0.15, 0.2) is 23.5 Å². The van der Waals surface area contributed by atoms with Crippen LogP contribution in [0.5, 0.6) is 0 Å². The number of allylic oxidation sites excluding steroid dienone is 1. The van der Waals surface area contributed by atoms with Gasteiger partial charge in [0.05, 0.1) is 12.6 Å². The lowest BCUT2D eigenvalue weighted by Crippen LogP contribution is -2.45. The van der Waals surface area contributed by atoms with Crippen molar-refractivity contribution in [3.05, 3.63) is 23.5 Å². The van der Waals surface area contributed by atoms with Gasteiger partial charge < -0.3 is 16.2 Å². The van der Waals surface area contributed by atoms with Gasteiger partial charge in [-0.1, -0.05) is 51.3 Å². The molecular weight excluding hydrogens is 320 g/mol. The van der Waals surface area contributed by atoms with E-state index < -0.39 is 0 Å². The molecule has 0 aliphatic heterocycles. The van der Waals surface area contributed by atoms with Crippen LogP contribution in [0.3, 0.4) is 0 Å². The van der Waals surface area contributed by atoms with E-state index in [1.165, 1.54) is 32.1 Å². The van der Waals surface area contributed by atoms with Crippen molar-refractivity contribution in [1.29, 1.82) is 0 Å². The van der Waals surface area contributed by atoms with Crippen molar-refractivity contribution >= 4 is 0 Å². The first kappa shape index (κ1) is 21.5. The standard InChI is InChI=1S/C23H42N2O/c1-17-10-11-21-22(3,4)13-8-14-23(21,5)19(17)12-16-26-18(2)20(25)9-6-7-15-24/h20-21H,2,6-16,24-25H2,1,3-5H3/t20?,21-,23+/m0/s1. The molecule has 0 bridgehead atoms. The first-order chi connectivity index (χ1) is 12.2. The molecule has 2 rings (SSSR count). The quantitative estimate of drug-likeness (QED) is 0.332. The van der Waals surface area contributed by atoms with E-state index in [9.17, 15) is 0 Å². The normalized spacial score (nSPS) is 29.2. The zero-order valence-corrected chi connectivity index (χ0v) is 17.7. The van der Waals surface area contributed by atoms with Gasteiger partial charge in [-0.3, -0.25) is 0 Å². The number of ether oxygens (including phenoxy) is 1. The van der Waals surface area contributed by atoms with E-state index in [-0.39, 0.29) is 6.04 Å². The maximum atomic E-state index is 6.19. The van der Waals surface area contributed by atoms with Crippen LogP contribution in [0.2, 0.25) is 0 Å². The number of unbranched alkanes of at least 4 members (excludes halogenated alkanes) is 1. The lowest BCUT2D eigenvalue weighted by Gasteiger charge is -2.55. The minimum Gasteiger partial charge on any atom is -0.497 e. The Balaban J connectivity index is 1.94. The lowest BCUT2D eigenvalue weighted by atomic mass is 9.50. The van der Waals surface area contributed by atoms with E-state index >= 15 is 0 Å². The molecule has 1 fully saturated rings. The van der Waals surface area contributed by atoms with Crippen molar-refractivity contribution in [2.45, 2.75) is 91.5 Å². The van der Waals surface area contributed by atoms with E-state index in [4.69, 9.17) is 16.2 Å². The molecule has 3 atom stereocenters. The summed E-state index contributed by atoms with van der Waals surface area (Å²) in [7, 11) is 0. The summed E-state index contributed by atoms with van der Waals surface area (Å²) < 4.78 is 5.98. The van der Waals surface area contributed by atoms with Gasteiger partial charge in [0, 0.05) is 6.42 Å². The SMILES string of the molecule is C=C(OCCC1=C(C)CC[C@H]2C(C)(C)CCC[C@]12C)C(N)CCCCN. The van der Waals surface area contributed by atoms with Crippen LogP contribution in [0, 0.1) is 16.7 Å². The van der Waals surface area contributed by atoms with Gasteiger partial charge in [0.15, 0.2) is 0 Å². The van der Waals surface area contributed by atoms with Crippen LogP contribution in [0.1, 0.15) is 85.5 Å². The molecule has 0 aromatic carbocycles. The van der Waals surface area contributed by atoms with Gasteiger partial charge in [0.25, 0.3) is 0 Å². The molecule has 0 aromatic rings. The summed E-state index contributed by atoms with van der Waals surface area (Å²) in [6.45, 7) is 15.3. The van der Waals surface area contributed by atoms with Crippen molar-refractivity contribution in [2.75, 3.05) is 13.2 Å². The summed E-state index contributed by atoms with van der Waals surface area (Å²) in [5.41, 5.74) is 15.8. The second-order valence-electron chi connectivity index (χ2n) is 9.57. The van der Waals surface area contributed by atoms with Crippen molar-refractivity contribution in [2.24, 2.45) is 28.2 Å². The molecule has 1 saturated carbocycles. The molecule has 26 heavy (non-hydrogen) atoms. The second-order valence-corrected chi connectivity index (χ2v) is 9.57. The van der Waals surface area contributed by atoms with Gasteiger partial charge in [-0.05, 0) is 68.7 Å². The average molecular weight is 363 g/mol. The van der Waals surface area contributed by atoms with Crippen molar-refractivity contribution in [3.8, 4) is 0 Å². The average Bonchev–Trinajstić information content (AvgIpc) is 2.56. The number of fused-ring (bicyclic) bond motifs is 1. The Labute approximate surface area is 161 Å². The van der Waals surface area contributed by atoms with Crippen LogP contribution in [-0.4, -0.2) is 19.2 Å². The van der Waals surface area contributed by atoms with E-state index in [0.29, 0.717) is 17.4 Å². The first-order valence-corrected chi connectivity index (χ1v) is 10.7. The fraction of sp³-hybridized carbons (Fsp3) is 0.826. The maximum absolute atomic E-state index is 6.19. The first-order valence-electron chi connectivity index (χ1n) is 10.7. The summed E-state index contributed by atoms with van der Waals surface area (Å²) >= 11 is 0. The lowest BCUT2D eigenvalue weighted by molar-refractivity contribution is 0.00832. The molecule has 1 unspecified atom stereocenters. The zero-order valence-electron chi connectivity index (χ0n) is 17.7. The molecule has 0 heterocycles. The molecule has 0 amide bonds. The summed E-state index contributed by atoms with van der Waals surface area (Å²) in [5.74, 6) is 1.53. The number of rotatable bonds is 9. The molecule has 2 aliphatic carbocycles. The largest absolute Gasteiger partial charge is 0.497 e. The van der Waals surface area contributed by atoms with Gasteiger partial charge >= 0.3 is 0 Å². The minimum atomic E-state index is -0.0695. The zero-order chi connectivity index (χ0) is 19.4. The van der Waals surface area contributed by atoms with E-state index in [1.54, 1.807) is 11.1 Å². The molecule has 0 aromatic heterocycles. The minimum absolute atomic E-state index is 0.0695. The van der Waals surface area contributed by atoms with Crippen LogP contribution in [0.4, 0.5) is 0 Å². The highest BCUT2D eigenvalue weighted by Crippen LogP contribution is 2.60. The van der Waals surface area contributed by atoms with E-state index in [1.807, 2.05) is 0 Å². The van der Waals surface area contributed by atoms with Crippen molar-refractivity contribution < 1.29 is 4.74 Å². The van der Waals surface area contributed by atoms with Crippen molar-refractivity contribution in [1.82, 2.24) is 0 Å². The molecule has 3 heteroatoms. The van der Waals surface area contributed by atoms with Crippen LogP contribution in [0.25, 0.3) is 0 Å². The predicted octanol–water partition coefficient (Wildman–Crippen LogP) is 5.31. The topological polar surface area (TPSA) is 61.3 Å². The number of hydrogen-bond donors (Lipinski definition) is 2. The molecule has 2 aliphatic rings. The Morgan fingerprint density at radius 3 is 2.69 bits per heavy atom. The van der Waals surface area contributed by atoms with Gasteiger partial charge in [-0.2, -0.15) is 0 Å². The summed E-state index contributed by atoms with van der Waals surface area (Å²) in [4.78, 5) is 0. The second kappa shape index (κ2) is 8.93. The Kier molecular flexibility index (Phi) is 7.38. The Morgan fingerprint density at radius 1 is 1.27 bits per heavy atom. The highest BCUT2D eigenvalue weighted by atomic mass is 16.5. The highest BCUT2D eigenvalue weighted by Gasteiger charge is 2.49. The number of nitrogens with two attached hydrogens (primary N) is 2. The third-order valence-corrected chi connectivity index (χ3v) is 7.26. The monoisotopic (exact) mass is 362 g/mol. The third-order valence-electron chi connectivity index (χ3n) is 7.26. The predicted molar refractivity (Wildman–Crippen MR) is 112 cm³/mol. The Morgan fingerprint density at radius 2 is 2.00 bits per heavy atom. The highest BCUT2D eigenvalue weighted by molar-refractivity contribution is 5.27. The Bertz CT molecular complexity index is 522. The Hall–Kier alpha value is -0.800. The van der Waals surface area contributed by atoms with Gasteiger partial charge in [-0.25, -0.2) is 0 Å². The maximum Gasteiger partial charge on any atom is 0.105 e. The molecule has 150 valence electrons. The van der Waals surface area contributed by atoms with Gasteiger partial charge in [0.2, 0.25) is 0 Å². The fourth-order valence-corrected chi connectivity index (χ4v) is 5.75. The summed E-state index contributed by atoms with van der Waals surface area (Å²) in [6, 6.07) is -0.0695. The van der Waals surface area contributed by atoms with E-state index in [0.717, 1.165) is 43.9 Å². The van der Waals surface area contributed by atoms with Gasteiger partial charge in [-0.15, -0.1) is 0 Å². The summed E-state index contributed by atoms with van der Waals surface area (Å²) in [6.07, 6.45) is 10.6. The van der Waals surface area contributed by atoms with Crippen LogP contribution >= 0.6 is 0 Å². The van der Waals surface area contributed by atoms with Gasteiger partial charge in [0.1, 0.15) is 5.76 Å². The van der Waals surface area contributed by atoms with Crippen LogP contribution < -0.4 is 11.5 Å². The number of hydrogen-bond acceptors (Lipinski definition) is 3. The molecule has 0 radical (unpaired) electrons. The fourth-order valence-electron chi connectivity index (χ4n) is 5.75.